The molecule has 2 aromatic rings. The number of aromatic carboxylic acids is 1. The number of carbonyl (C=O) groups is 1. The quantitative estimate of drug-likeness (QED) is 0.768. The van der Waals surface area contributed by atoms with E-state index in [-0.39, 0.29) is 10.6 Å². The number of nitrogens with one attached hydrogen (secondary N) is 1. The molecule has 1 aromatic heterocycles. The number of aromatic nitrogens is 1. The highest BCUT2D eigenvalue weighted by atomic mass is 35.5. The molecule has 0 amide bonds. The van der Waals surface area contributed by atoms with Crippen molar-refractivity contribution in [2.75, 3.05) is 18.5 Å². The lowest BCUT2D eigenvalue weighted by atomic mass is 10.2. The van der Waals surface area contributed by atoms with Crippen LogP contribution in [0.25, 0.3) is 0 Å². The van der Waals surface area contributed by atoms with Crippen LogP contribution in [-0.4, -0.2) is 29.2 Å². The summed E-state index contributed by atoms with van der Waals surface area (Å²) in [5, 5.41) is 12.1. The molecule has 1 aromatic carbocycles. The molecule has 0 atom stereocenters. The summed E-state index contributed by atoms with van der Waals surface area (Å²) in [5.74, 6) is 0.121. The minimum atomic E-state index is -1.07. The van der Waals surface area contributed by atoms with Gasteiger partial charge in [-0.15, -0.1) is 0 Å². The van der Waals surface area contributed by atoms with E-state index in [1.165, 1.54) is 12.3 Å². The summed E-state index contributed by atoms with van der Waals surface area (Å²) < 4.78 is 5.55. The molecule has 0 saturated heterocycles. The van der Waals surface area contributed by atoms with Gasteiger partial charge in [0.1, 0.15) is 11.6 Å². The van der Waals surface area contributed by atoms with Gasteiger partial charge in [-0.25, -0.2) is 9.78 Å². The normalized spacial score (nSPS) is 10.1. The SMILES string of the molecule is O=C(O)c1ccnc(NCCCOc2ccccc2)c1Cl. The first-order valence-corrected chi connectivity index (χ1v) is 6.86. The zero-order valence-corrected chi connectivity index (χ0v) is 12.0. The molecular formula is C15H15ClN2O3. The highest BCUT2D eigenvalue weighted by Crippen LogP contribution is 2.23. The Bertz CT molecular complexity index is 605. The number of para-hydroxylation sites is 1. The van der Waals surface area contributed by atoms with Gasteiger partial charge < -0.3 is 15.2 Å². The first-order valence-electron chi connectivity index (χ1n) is 6.48. The van der Waals surface area contributed by atoms with Crippen molar-refractivity contribution in [3.8, 4) is 5.75 Å². The molecule has 2 N–H and O–H groups in total. The van der Waals surface area contributed by atoms with E-state index >= 15 is 0 Å². The molecule has 0 aliphatic heterocycles. The maximum atomic E-state index is 10.9. The number of hydrogen-bond acceptors (Lipinski definition) is 4. The van der Waals surface area contributed by atoms with Gasteiger partial charge in [-0.1, -0.05) is 29.8 Å². The summed E-state index contributed by atoms with van der Waals surface area (Å²) in [4.78, 5) is 15.0. The Morgan fingerprint density at radius 3 is 2.76 bits per heavy atom. The van der Waals surface area contributed by atoms with Gasteiger partial charge in [0.25, 0.3) is 0 Å². The monoisotopic (exact) mass is 306 g/mol. The fraction of sp³-hybridized carbons (Fsp3) is 0.200. The van der Waals surface area contributed by atoms with Crippen LogP contribution in [0, 0.1) is 0 Å². The number of carboxylic acids is 1. The molecule has 110 valence electrons. The number of anilines is 1. The Morgan fingerprint density at radius 1 is 1.29 bits per heavy atom. The Kier molecular flexibility index (Phi) is 5.40. The molecule has 2 rings (SSSR count). The second-order valence-electron chi connectivity index (χ2n) is 4.27. The third-order valence-corrected chi connectivity index (χ3v) is 3.13. The second kappa shape index (κ2) is 7.50. The van der Waals surface area contributed by atoms with E-state index in [4.69, 9.17) is 21.4 Å². The first kappa shape index (κ1) is 15.1. The van der Waals surface area contributed by atoms with Crippen LogP contribution in [-0.2, 0) is 0 Å². The molecule has 0 aliphatic rings. The first-order chi connectivity index (χ1) is 10.2. The Labute approximate surface area is 127 Å². The fourth-order valence-electron chi connectivity index (χ4n) is 1.72. The molecule has 21 heavy (non-hydrogen) atoms. The molecule has 0 bridgehead atoms. The molecule has 0 fully saturated rings. The molecule has 0 unspecified atom stereocenters. The van der Waals surface area contributed by atoms with E-state index in [0.717, 1.165) is 12.2 Å². The summed E-state index contributed by atoms with van der Waals surface area (Å²) in [7, 11) is 0. The number of carboxylic acid groups (broad SMARTS) is 1. The number of halogens is 1. The summed E-state index contributed by atoms with van der Waals surface area (Å²) in [6, 6.07) is 10.9. The summed E-state index contributed by atoms with van der Waals surface area (Å²) >= 11 is 5.98. The van der Waals surface area contributed by atoms with E-state index in [1.807, 2.05) is 30.3 Å². The lowest BCUT2D eigenvalue weighted by Gasteiger charge is -2.09. The zero-order valence-electron chi connectivity index (χ0n) is 11.3. The van der Waals surface area contributed by atoms with Gasteiger partial charge in [0.15, 0.2) is 0 Å². The topological polar surface area (TPSA) is 71.5 Å². The fourth-order valence-corrected chi connectivity index (χ4v) is 1.98. The smallest absolute Gasteiger partial charge is 0.337 e. The standard InChI is InChI=1S/C15H15ClN2O3/c16-13-12(15(19)20)7-9-18-14(13)17-8-4-10-21-11-5-2-1-3-6-11/h1-3,5-7,9H,4,8,10H2,(H,17,18)(H,19,20). The summed E-state index contributed by atoms with van der Waals surface area (Å²) in [6.45, 7) is 1.13. The number of ether oxygens (including phenoxy) is 1. The molecule has 0 aliphatic carbocycles. The van der Waals surface area contributed by atoms with E-state index in [1.54, 1.807) is 0 Å². The molecule has 0 saturated carbocycles. The van der Waals surface area contributed by atoms with E-state index < -0.39 is 5.97 Å². The number of hydrogen-bond donors (Lipinski definition) is 2. The molecule has 6 heteroatoms. The highest BCUT2D eigenvalue weighted by Gasteiger charge is 2.12. The minimum Gasteiger partial charge on any atom is -0.494 e. The van der Waals surface area contributed by atoms with Crippen LogP contribution in [0.5, 0.6) is 5.75 Å². The van der Waals surface area contributed by atoms with Crippen LogP contribution >= 0.6 is 11.6 Å². The van der Waals surface area contributed by atoms with Gasteiger partial charge in [0.2, 0.25) is 0 Å². The predicted octanol–water partition coefficient (Wildman–Crippen LogP) is 3.31. The molecular weight excluding hydrogens is 292 g/mol. The number of nitrogens with zero attached hydrogens (tertiary/aromatic N) is 1. The number of rotatable bonds is 7. The molecule has 0 radical (unpaired) electrons. The van der Waals surface area contributed by atoms with Gasteiger partial charge in [0, 0.05) is 12.7 Å². The maximum absolute atomic E-state index is 10.9. The lowest BCUT2D eigenvalue weighted by molar-refractivity contribution is 0.0697. The van der Waals surface area contributed by atoms with Crippen molar-refractivity contribution in [3.05, 3.63) is 53.2 Å². The van der Waals surface area contributed by atoms with Crippen molar-refractivity contribution in [1.82, 2.24) is 4.98 Å². The van der Waals surface area contributed by atoms with Gasteiger partial charge >= 0.3 is 5.97 Å². The van der Waals surface area contributed by atoms with Crippen molar-refractivity contribution in [2.24, 2.45) is 0 Å². The number of benzene rings is 1. The third-order valence-electron chi connectivity index (χ3n) is 2.75. The van der Waals surface area contributed by atoms with Crippen molar-refractivity contribution in [1.29, 1.82) is 0 Å². The number of pyridine rings is 1. The Balaban J connectivity index is 1.79. The Morgan fingerprint density at radius 2 is 2.05 bits per heavy atom. The van der Waals surface area contributed by atoms with Crippen molar-refractivity contribution >= 4 is 23.4 Å². The van der Waals surface area contributed by atoms with Gasteiger partial charge in [0.05, 0.1) is 17.2 Å². The molecule has 5 nitrogen and oxygen atoms in total. The van der Waals surface area contributed by atoms with Gasteiger partial charge in [-0.2, -0.15) is 0 Å². The van der Waals surface area contributed by atoms with Crippen molar-refractivity contribution in [2.45, 2.75) is 6.42 Å². The molecule has 1 heterocycles. The predicted molar refractivity (Wildman–Crippen MR) is 81.3 cm³/mol. The van der Waals surface area contributed by atoms with E-state index in [9.17, 15) is 4.79 Å². The van der Waals surface area contributed by atoms with E-state index in [2.05, 4.69) is 10.3 Å². The average Bonchev–Trinajstić information content (AvgIpc) is 2.49. The summed E-state index contributed by atoms with van der Waals surface area (Å²) in [5.41, 5.74) is 0.0368. The van der Waals surface area contributed by atoms with Crippen LogP contribution in [0.4, 0.5) is 5.82 Å². The van der Waals surface area contributed by atoms with Crippen molar-refractivity contribution < 1.29 is 14.6 Å². The largest absolute Gasteiger partial charge is 0.494 e. The van der Waals surface area contributed by atoms with Crippen LogP contribution in [0.15, 0.2) is 42.6 Å². The Hall–Kier alpha value is -2.27. The third kappa shape index (κ3) is 4.36. The molecule has 0 spiro atoms. The maximum Gasteiger partial charge on any atom is 0.337 e. The van der Waals surface area contributed by atoms with Crippen LogP contribution in [0.2, 0.25) is 5.02 Å². The highest BCUT2D eigenvalue weighted by molar-refractivity contribution is 6.35. The van der Waals surface area contributed by atoms with E-state index in [0.29, 0.717) is 19.0 Å². The average molecular weight is 307 g/mol. The lowest BCUT2D eigenvalue weighted by Crippen LogP contribution is -2.10. The zero-order chi connectivity index (χ0) is 15.1. The van der Waals surface area contributed by atoms with Gasteiger partial charge in [-0.3, -0.25) is 0 Å². The van der Waals surface area contributed by atoms with Crippen LogP contribution in [0.3, 0.4) is 0 Å². The summed E-state index contributed by atoms with van der Waals surface area (Å²) in [6.07, 6.45) is 2.16. The van der Waals surface area contributed by atoms with Crippen LogP contribution in [0.1, 0.15) is 16.8 Å². The van der Waals surface area contributed by atoms with Crippen LogP contribution < -0.4 is 10.1 Å². The minimum absolute atomic E-state index is 0.0368. The van der Waals surface area contributed by atoms with Gasteiger partial charge in [-0.05, 0) is 24.6 Å². The van der Waals surface area contributed by atoms with Crippen molar-refractivity contribution in [3.63, 3.8) is 0 Å². The second-order valence-corrected chi connectivity index (χ2v) is 4.65.